The molecule has 0 fully saturated rings. The molecule has 0 aromatic heterocycles. The summed E-state index contributed by atoms with van der Waals surface area (Å²) in [7, 11) is 0. The number of nitrogen functional groups attached to an aromatic ring is 1. The Kier molecular flexibility index (Phi) is 3.98. The molecule has 5 heteroatoms. The quantitative estimate of drug-likeness (QED) is 0.818. The van der Waals surface area contributed by atoms with Gasteiger partial charge in [-0.25, -0.2) is 0 Å². The molecular formula is C14H12Cl2N2O. The maximum atomic E-state index is 12.1. The van der Waals surface area contributed by atoms with Gasteiger partial charge < -0.3 is 11.1 Å². The maximum absolute atomic E-state index is 12.1. The Balaban J connectivity index is 2.26. The van der Waals surface area contributed by atoms with E-state index in [0.717, 1.165) is 5.56 Å². The predicted octanol–water partition coefficient (Wildman–Crippen LogP) is 4.14. The molecule has 0 aliphatic rings. The minimum atomic E-state index is -0.282. The highest BCUT2D eigenvalue weighted by atomic mass is 35.5. The number of nitrogens with two attached hydrogens (primary N) is 1. The van der Waals surface area contributed by atoms with Gasteiger partial charge in [-0.15, -0.1) is 0 Å². The van der Waals surface area contributed by atoms with Gasteiger partial charge in [0, 0.05) is 11.3 Å². The zero-order chi connectivity index (χ0) is 14.0. The van der Waals surface area contributed by atoms with Crippen molar-refractivity contribution in [3.05, 3.63) is 57.6 Å². The van der Waals surface area contributed by atoms with Crippen LogP contribution in [0.3, 0.4) is 0 Å². The third-order valence-corrected chi connectivity index (χ3v) is 3.56. The highest BCUT2D eigenvalue weighted by molar-refractivity contribution is 6.44. The summed E-state index contributed by atoms with van der Waals surface area (Å²) in [5.74, 6) is -0.282. The molecule has 98 valence electrons. The topological polar surface area (TPSA) is 55.1 Å². The van der Waals surface area contributed by atoms with Crippen molar-refractivity contribution in [2.45, 2.75) is 6.92 Å². The Labute approximate surface area is 121 Å². The average molecular weight is 295 g/mol. The molecular weight excluding hydrogens is 283 g/mol. The molecule has 1 amide bonds. The molecule has 0 unspecified atom stereocenters. The Hall–Kier alpha value is -1.71. The Bertz CT molecular complexity index is 641. The summed E-state index contributed by atoms with van der Waals surface area (Å²) in [6.45, 7) is 1.88. The summed E-state index contributed by atoms with van der Waals surface area (Å²) in [6, 6.07) is 10.2. The summed E-state index contributed by atoms with van der Waals surface area (Å²) in [5, 5.41) is 3.41. The van der Waals surface area contributed by atoms with Crippen LogP contribution in [-0.2, 0) is 0 Å². The lowest BCUT2D eigenvalue weighted by molar-refractivity contribution is 0.102. The first-order chi connectivity index (χ1) is 8.99. The second-order valence-electron chi connectivity index (χ2n) is 4.13. The predicted molar refractivity (Wildman–Crippen MR) is 80.0 cm³/mol. The van der Waals surface area contributed by atoms with Crippen molar-refractivity contribution in [1.82, 2.24) is 0 Å². The number of halogens is 2. The number of aryl methyl sites for hydroxylation is 1. The first-order valence-corrected chi connectivity index (χ1v) is 6.36. The molecule has 2 rings (SSSR count). The van der Waals surface area contributed by atoms with Crippen molar-refractivity contribution in [2.75, 3.05) is 11.1 Å². The molecule has 0 bridgehead atoms. The van der Waals surface area contributed by atoms with Crippen LogP contribution in [-0.4, -0.2) is 5.91 Å². The van der Waals surface area contributed by atoms with Gasteiger partial charge in [0.05, 0.1) is 15.7 Å². The van der Waals surface area contributed by atoms with E-state index < -0.39 is 0 Å². The van der Waals surface area contributed by atoms with Gasteiger partial charge in [-0.05, 0) is 36.8 Å². The van der Waals surface area contributed by atoms with Crippen LogP contribution in [0.5, 0.6) is 0 Å². The van der Waals surface area contributed by atoms with Crippen LogP contribution in [0.1, 0.15) is 15.9 Å². The standard InChI is InChI=1S/C14H12Cl2N2O/c1-8-5-6-9(7-11(8)17)14(19)18-12-4-2-3-10(15)13(12)16/h2-7H,17H2,1H3,(H,18,19). The van der Waals surface area contributed by atoms with Crippen LogP contribution < -0.4 is 11.1 Å². The molecule has 0 aliphatic heterocycles. The van der Waals surface area contributed by atoms with Crippen LogP contribution in [0, 0.1) is 6.92 Å². The monoisotopic (exact) mass is 294 g/mol. The smallest absolute Gasteiger partial charge is 0.255 e. The van der Waals surface area contributed by atoms with Gasteiger partial charge in [0.2, 0.25) is 0 Å². The van der Waals surface area contributed by atoms with Crippen LogP contribution in [0.15, 0.2) is 36.4 Å². The average Bonchev–Trinajstić information content (AvgIpc) is 2.38. The van der Waals surface area contributed by atoms with E-state index in [1.807, 2.05) is 6.92 Å². The van der Waals surface area contributed by atoms with Crippen molar-refractivity contribution < 1.29 is 4.79 Å². The lowest BCUT2D eigenvalue weighted by Gasteiger charge is -2.09. The van der Waals surface area contributed by atoms with E-state index in [9.17, 15) is 4.79 Å². The number of carbonyl (C=O) groups excluding carboxylic acids is 1. The molecule has 2 aromatic carbocycles. The summed E-state index contributed by atoms with van der Waals surface area (Å²) in [5.41, 5.74) is 8.22. The van der Waals surface area contributed by atoms with E-state index in [1.165, 1.54) is 0 Å². The molecule has 0 saturated carbocycles. The van der Waals surface area contributed by atoms with E-state index >= 15 is 0 Å². The molecule has 0 atom stereocenters. The number of benzene rings is 2. The summed E-state index contributed by atoms with van der Waals surface area (Å²) < 4.78 is 0. The number of amides is 1. The molecule has 2 aromatic rings. The fourth-order valence-corrected chi connectivity index (χ4v) is 1.92. The van der Waals surface area contributed by atoms with E-state index in [-0.39, 0.29) is 5.91 Å². The number of rotatable bonds is 2. The van der Waals surface area contributed by atoms with Crippen molar-refractivity contribution in [2.24, 2.45) is 0 Å². The molecule has 19 heavy (non-hydrogen) atoms. The van der Waals surface area contributed by atoms with Gasteiger partial charge >= 0.3 is 0 Å². The van der Waals surface area contributed by atoms with Gasteiger partial charge in [-0.2, -0.15) is 0 Å². The molecule has 0 radical (unpaired) electrons. The van der Waals surface area contributed by atoms with Crippen LogP contribution in [0.4, 0.5) is 11.4 Å². The summed E-state index contributed by atoms with van der Waals surface area (Å²) in [6.07, 6.45) is 0. The highest BCUT2D eigenvalue weighted by Crippen LogP contribution is 2.29. The van der Waals surface area contributed by atoms with E-state index in [0.29, 0.717) is 27.0 Å². The molecule has 0 heterocycles. The van der Waals surface area contributed by atoms with E-state index in [1.54, 1.807) is 36.4 Å². The summed E-state index contributed by atoms with van der Waals surface area (Å²) >= 11 is 11.9. The van der Waals surface area contributed by atoms with Crippen molar-refractivity contribution in [3.8, 4) is 0 Å². The minimum Gasteiger partial charge on any atom is -0.398 e. The van der Waals surface area contributed by atoms with Crippen LogP contribution >= 0.6 is 23.2 Å². The number of hydrogen-bond donors (Lipinski definition) is 2. The van der Waals surface area contributed by atoms with Crippen LogP contribution in [0.25, 0.3) is 0 Å². The Morgan fingerprint density at radius 3 is 2.63 bits per heavy atom. The van der Waals surface area contributed by atoms with Gasteiger partial charge in [-0.3, -0.25) is 4.79 Å². The van der Waals surface area contributed by atoms with Crippen LogP contribution in [0.2, 0.25) is 10.0 Å². The van der Waals surface area contributed by atoms with Gasteiger partial charge in [0.15, 0.2) is 0 Å². The Morgan fingerprint density at radius 2 is 1.95 bits per heavy atom. The lowest BCUT2D eigenvalue weighted by atomic mass is 10.1. The molecule has 0 aliphatic carbocycles. The third kappa shape index (κ3) is 3.00. The fraction of sp³-hybridized carbons (Fsp3) is 0.0714. The fourth-order valence-electron chi connectivity index (χ4n) is 1.58. The molecule has 0 spiro atoms. The van der Waals surface area contributed by atoms with Gasteiger partial charge in [0.1, 0.15) is 0 Å². The normalized spacial score (nSPS) is 10.3. The number of carbonyl (C=O) groups is 1. The summed E-state index contributed by atoms with van der Waals surface area (Å²) in [4.78, 5) is 12.1. The van der Waals surface area contributed by atoms with Gasteiger partial charge in [-0.1, -0.05) is 35.3 Å². The largest absolute Gasteiger partial charge is 0.398 e. The molecule has 0 saturated heterocycles. The zero-order valence-electron chi connectivity index (χ0n) is 10.2. The van der Waals surface area contributed by atoms with E-state index in [4.69, 9.17) is 28.9 Å². The van der Waals surface area contributed by atoms with Crippen molar-refractivity contribution in [1.29, 1.82) is 0 Å². The second kappa shape index (κ2) is 5.51. The first kappa shape index (κ1) is 13.7. The number of nitrogens with one attached hydrogen (secondary N) is 1. The number of anilines is 2. The first-order valence-electron chi connectivity index (χ1n) is 5.60. The molecule has 3 nitrogen and oxygen atoms in total. The van der Waals surface area contributed by atoms with Gasteiger partial charge in [0.25, 0.3) is 5.91 Å². The maximum Gasteiger partial charge on any atom is 0.255 e. The van der Waals surface area contributed by atoms with Crippen molar-refractivity contribution >= 4 is 40.5 Å². The Morgan fingerprint density at radius 1 is 1.21 bits per heavy atom. The van der Waals surface area contributed by atoms with Crippen molar-refractivity contribution in [3.63, 3.8) is 0 Å². The third-order valence-electron chi connectivity index (χ3n) is 2.74. The number of hydrogen-bond acceptors (Lipinski definition) is 2. The second-order valence-corrected chi connectivity index (χ2v) is 4.91. The SMILES string of the molecule is Cc1ccc(C(=O)Nc2cccc(Cl)c2Cl)cc1N. The highest BCUT2D eigenvalue weighted by Gasteiger charge is 2.10. The molecule has 3 N–H and O–H groups in total. The minimum absolute atomic E-state index is 0.282. The lowest BCUT2D eigenvalue weighted by Crippen LogP contribution is -2.12. The van der Waals surface area contributed by atoms with E-state index in [2.05, 4.69) is 5.32 Å². The zero-order valence-corrected chi connectivity index (χ0v) is 11.7.